The fourth-order valence-corrected chi connectivity index (χ4v) is 1.32. The van der Waals surface area contributed by atoms with E-state index in [-0.39, 0.29) is 0 Å². The summed E-state index contributed by atoms with van der Waals surface area (Å²) in [6, 6.07) is 3.92. The quantitative estimate of drug-likeness (QED) is 0.734. The maximum Gasteiger partial charge on any atom is 0.159 e. The molecule has 0 saturated heterocycles. The van der Waals surface area contributed by atoms with Gasteiger partial charge in [0, 0.05) is 25.5 Å². The van der Waals surface area contributed by atoms with Gasteiger partial charge in [-0.15, -0.1) is 0 Å². The highest BCUT2D eigenvalue weighted by atomic mass is 15.3. The van der Waals surface area contributed by atoms with E-state index in [9.17, 15) is 0 Å². The zero-order chi connectivity index (χ0) is 9.97. The molecule has 0 aliphatic carbocycles. The molecule has 0 aliphatic rings. The predicted octanol–water partition coefficient (Wildman–Crippen LogP) is 0.339. The number of aryl methyl sites for hydroxylation is 1. The summed E-state index contributed by atoms with van der Waals surface area (Å²) >= 11 is 0. The monoisotopic (exact) mass is 191 g/mol. The van der Waals surface area contributed by atoms with Gasteiger partial charge in [-0.3, -0.25) is 4.68 Å². The molecule has 74 valence electrons. The Kier molecular flexibility index (Phi) is 2.32. The normalized spacial score (nSPS) is 10.7. The lowest BCUT2D eigenvalue weighted by atomic mass is 10.3. The Balaban J connectivity index is 2.34. The second-order valence-electron chi connectivity index (χ2n) is 3.09. The van der Waals surface area contributed by atoms with Crippen LogP contribution in [0.15, 0.2) is 18.3 Å². The maximum absolute atomic E-state index is 5.39. The predicted molar refractivity (Wildman–Crippen MR) is 56.1 cm³/mol. The number of pyridine rings is 1. The third-order valence-electron chi connectivity index (χ3n) is 2.03. The summed E-state index contributed by atoms with van der Waals surface area (Å²) in [6.07, 6.45) is 1.80. The Morgan fingerprint density at radius 1 is 1.50 bits per heavy atom. The first-order chi connectivity index (χ1) is 6.81. The number of nitrogens with one attached hydrogen (secondary N) is 1. The van der Waals surface area contributed by atoms with Crippen molar-refractivity contribution in [2.75, 3.05) is 18.4 Å². The van der Waals surface area contributed by atoms with E-state index < -0.39 is 0 Å². The average Bonchev–Trinajstić information content (AvgIpc) is 2.57. The van der Waals surface area contributed by atoms with Gasteiger partial charge in [-0.2, -0.15) is 5.10 Å². The Labute approximate surface area is 81.9 Å². The highest BCUT2D eigenvalue weighted by Crippen LogP contribution is 2.13. The number of aromatic nitrogens is 3. The number of nitrogens with two attached hydrogens (primary N) is 1. The minimum atomic E-state index is 0.602. The van der Waals surface area contributed by atoms with Gasteiger partial charge in [0.25, 0.3) is 0 Å². The first kappa shape index (κ1) is 8.96. The van der Waals surface area contributed by atoms with Crippen LogP contribution in [-0.2, 0) is 7.05 Å². The van der Waals surface area contributed by atoms with Crippen molar-refractivity contribution in [2.24, 2.45) is 12.8 Å². The number of rotatable bonds is 3. The molecule has 0 aromatic carbocycles. The number of hydrogen-bond donors (Lipinski definition) is 2. The molecule has 0 radical (unpaired) electrons. The highest BCUT2D eigenvalue weighted by molar-refractivity contribution is 5.76. The molecule has 0 atom stereocenters. The van der Waals surface area contributed by atoms with Gasteiger partial charge in [-0.1, -0.05) is 0 Å². The fourth-order valence-electron chi connectivity index (χ4n) is 1.32. The average molecular weight is 191 g/mol. The summed E-state index contributed by atoms with van der Waals surface area (Å²) in [5.74, 6) is 0.839. The molecular weight excluding hydrogens is 178 g/mol. The maximum atomic E-state index is 5.39. The molecule has 0 fully saturated rings. The molecule has 2 rings (SSSR count). The van der Waals surface area contributed by atoms with E-state index in [1.807, 2.05) is 19.2 Å². The number of nitrogens with zero attached hydrogens (tertiary/aromatic N) is 3. The second kappa shape index (κ2) is 3.63. The van der Waals surface area contributed by atoms with Gasteiger partial charge in [-0.05, 0) is 12.1 Å². The minimum Gasteiger partial charge on any atom is -0.369 e. The van der Waals surface area contributed by atoms with Crippen molar-refractivity contribution < 1.29 is 0 Å². The van der Waals surface area contributed by atoms with E-state index >= 15 is 0 Å². The molecule has 0 bridgehead atoms. The lowest BCUT2D eigenvalue weighted by Crippen LogP contribution is -2.13. The van der Waals surface area contributed by atoms with Crippen LogP contribution in [0.25, 0.3) is 11.0 Å². The number of fused-ring (bicyclic) bond motifs is 1. The van der Waals surface area contributed by atoms with E-state index in [2.05, 4.69) is 15.4 Å². The van der Waals surface area contributed by atoms with Crippen LogP contribution in [0.5, 0.6) is 0 Å². The van der Waals surface area contributed by atoms with Crippen LogP contribution in [0, 0.1) is 0 Å². The van der Waals surface area contributed by atoms with Crippen molar-refractivity contribution in [3.8, 4) is 0 Å². The van der Waals surface area contributed by atoms with Crippen LogP contribution in [0.3, 0.4) is 0 Å². The highest BCUT2D eigenvalue weighted by Gasteiger charge is 2.01. The van der Waals surface area contributed by atoms with Gasteiger partial charge in [0.2, 0.25) is 0 Å². The lowest BCUT2D eigenvalue weighted by Gasteiger charge is -2.03. The van der Waals surface area contributed by atoms with Gasteiger partial charge in [0.05, 0.1) is 6.20 Å². The van der Waals surface area contributed by atoms with E-state index in [0.717, 1.165) is 23.4 Å². The summed E-state index contributed by atoms with van der Waals surface area (Å²) in [7, 11) is 1.88. The molecule has 0 unspecified atom stereocenters. The van der Waals surface area contributed by atoms with Crippen molar-refractivity contribution >= 4 is 16.9 Å². The number of hydrogen-bond acceptors (Lipinski definition) is 4. The van der Waals surface area contributed by atoms with Crippen LogP contribution in [0.1, 0.15) is 0 Å². The summed E-state index contributed by atoms with van der Waals surface area (Å²) in [5.41, 5.74) is 6.27. The smallest absolute Gasteiger partial charge is 0.159 e. The third-order valence-corrected chi connectivity index (χ3v) is 2.03. The van der Waals surface area contributed by atoms with Crippen molar-refractivity contribution in [1.29, 1.82) is 0 Å². The SMILES string of the molecule is Cn1ncc2ccc(NCCN)nc21. The van der Waals surface area contributed by atoms with Crippen molar-refractivity contribution in [3.63, 3.8) is 0 Å². The zero-order valence-corrected chi connectivity index (χ0v) is 8.07. The van der Waals surface area contributed by atoms with E-state index in [4.69, 9.17) is 5.73 Å². The van der Waals surface area contributed by atoms with Crippen LogP contribution >= 0.6 is 0 Å². The standard InChI is InChI=1S/C9H13N5/c1-14-9-7(6-12-14)2-3-8(13-9)11-5-4-10/h2-3,6H,4-5,10H2,1H3,(H,11,13). The Bertz CT molecular complexity index is 434. The van der Waals surface area contributed by atoms with Gasteiger partial charge in [-0.25, -0.2) is 4.98 Å². The molecule has 3 N–H and O–H groups in total. The zero-order valence-electron chi connectivity index (χ0n) is 8.07. The van der Waals surface area contributed by atoms with Crippen molar-refractivity contribution in [3.05, 3.63) is 18.3 Å². The molecular formula is C9H13N5. The topological polar surface area (TPSA) is 68.8 Å². The Hall–Kier alpha value is -1.62. The summed E-state index contributed by atoms with van der Waals surface area (Å²) in [5, 5.41) is 8.29. The van der Waals surface area contributed by atoms with Gasteiger partial charge in [0.15, 0.2) is 5.65 Å². The molecule has 0 amide bonds. The summed E-state index contributed by atoms with van der Waals surface area (Å²) in [4.78, 5) is 4.41. The molecule has 2 aromatic rings. The first-order valence-electron chi connectivity index (χ1n) is 4.54. The molecule has 0 spiro atoms. The van der Waals surface area contributed by atoms with Gasteiger partial charge in [0.1, 0.15) is 5.82 Å². The van der Waals surface area contributed by atoms with Crippen molar-refractivity contribution in [2.45, 2.75) is 0 Å². The van der Waals surface area contributed by atoms with E-state index in [1.54, 1.807) is 10.9 Å². The number of anilines is 1. The molecule has 2 heterocycles. The van der Waals surface area contributed by atoms with Gasteiger partial charge >= 0.3 is 0 Å². The molecule has 0 saturated carbocycles. The van der Waals surface area contributed by atoms with Crippen LogP contribution in [0.2, 0.25) is 0 Å². The molecule has 0 aliphatic heterocycles. The summed E-state index contributed by atoms with van der Waals surface area (Å²) in [6.45, 7) is 1.33. The first-order valence-corrected chi connectivity index (χ1v) is 4.54. The summed E-state index contributed by atoms with van der Waals surface area (Å²) < 4.78 is 1.75. The van der Waals surface area contributed by atoms with E-state index in [1.165, 1.54) is 0 Å². The van der Waals surface area contributed by atoms with Crippen molar-refractivity contribution in [1.82, 2.24) is 14.8 Å². The molecule has 14 heavy (non-hydrogen) atoms. The second-order valence-corrected chi connectivity index (χ2v) is 3.09. The molecule has 5 nitrogen and oxygen atoms in total. The molecule has 2 aromatic heterocycles. The fraction of sp³-hybridized carbons (Fsp3) is 0.333. The van der Waals surface area contributed by atoms with E-state index in [0.29, 0.717) is 6.54 Å². The third kappa shape index (κ3) is 1.54. The molecule has 5 heteroatoms. The van der Waals surface area contributed by atoms with Gasteiger partial charge < -0.3 is 11.1 Å². The Morgan fingerprint density at radius 2 is 2.36 bits per heavy atom. The minimum absolute atomic E-state index is 0.602. The van der Waals surface area contributed by atoms with Crippen LogP contribution in [-0.4, -0.2) is 27.9 Å². The van der Waals surface area contributed by atoms with Crippen LogP contribution in [0.4, 0.5) is 5.82 Å². The van der Waals surface area contributed by atoms with Crippen LogP contribution < -0.4 is 11.1 Å². The lowest BCUT2D eigenvalue weighted by molar-refractivity contribution is 0.786. The largest absolute Gasteiger partial charge is 0.369 e. The Morgan fingerprint density at radius 3 is 3.14 bits per heavy atom.